The first kappa shape index (κ1) is 21.4. The zero-order valence-corrected chi connectivity index (χ0v) is 16.9. The SMILES string of the molecule is CCCCCCCC(=O)N1Cc2cc(O)c(O)c(O)c2-c2c(cc(O)c(O)c2O)C1. The summed E-state index contributed by atoms with van der Waals surface area (Å²) in [6.45, 7) is 2.14. The smallest absolute Gasteiger partial charge is 0.223 e. The number of amides is 1. The maximum absolute atomic E-state index is 12.9. The third kappa shape index (κ3) is 3.90. The van der Waals surface area contributed by atoms with Crippen molar-refractivity contribution in [3.63, 3.8) is 0 Å². The molecule has 30 heavy (non-hydrogen) atoms. The standard InChI is InChI=1S/C22H27NO7/c1-2-3-4-5-6-7-16(26)23-10-12-8-14(24)19(27)21(29)17(12)18-13(11-23)9-15(25)20(28)22(18)30/h8-9,24-25,27-30H,2-7,10-11H2,1H3. The summed E-state index contributed by atoms with van der Waals surface area (Å²) in [5, 5.41) is 60.8. The molecule has 0 bridgehead atoms. The molecular formula is C22H27NO7. The Balaban J connectivity index is 2.03. The van der Waals surface area contributed by atoms with Crippen LogP contribution < -0.4 is 0 Å². The van der Waals surface area contributed by atoms with E-state index in [2.05, 4.69) is 6.92 Å². The van der Waals surface area contributed by atoms with Crippen LogP contribution >= 0.6 is 0 Å². The highest BCUT2D eigenvalue weighted by molar-refractivity contribution is 5.88. The van der Waals surface area contributed by atoms with E-state index in [1.165, 1.54) is 17.0 Å². The molecule has 1 heterocycles. The Kier molecular flexibility index (Phi) is 6.14. The molecule has 2 aromatic carbocycles. The minimum Gasteiger partial charge on any atom is -0.504 e. The first-order chi connectivity index (χ1) is 14.3. The van der Waals surface area contributed by atoms with E-state index in [1.807, 2.05) is 0 Å². The molecule has 8 nitrogen and oxygen atoms in total. The van der Waals surface area contributed by atoms with E-state index in [0.717, 1.165) is 32.1 Å². The molecule has 1 aliphatic heterocycles. The molecule has 0 atom stereocenters. The van der Waals surface area contributed by atoms with Gasteiger partial charge in [-0.05, 0) is 29.7 Å². The number of nitrogens with zero attached hydrogens (tertiary/aromatic N) is 1. The highest BCUT2D eigenvalue weighted by atomic mass is 16.3. The Morgan fingerprint density at radius 3 is 1.70 bits per heavy atom. The second-order valence-corrected chi connectivity index (χ2v) is 7.67. The molecule has 6 N–H and O–H groups in total. The van der Waals surface area contributed by atoms with Gasteiger partial charge in [0.15, 0.2) is 23.0 Å². The second kappa shape index (κ2) is 8.61. The summed E-state index contributed by atoms with van der Waals surface area (Å²) < 4.78 is 0. The van der Waals surface area contributed by atoms with Crippen LogP contribution in [-0.4, -0.2) is 41.4 Å². The van der Waals surface area contributed by atoms with Gasteiger partial charge in [-0.25, -0.2) is 0 Å². The summed E-state index contributed by atoms with van der Waals surface area (Å²) in [5.74, 6) is -4.19. The van der Waals surface area contributed by atoms with Crippen LogP contribution in [0.4, 0.5) is 0 Å². The Hall–Kier alpha value is -3.29. The Labute approximate surface area is 174 Å². The number of unbranched alkanes of at least 4 members (excludes halogenated alkanes) is 4. The fourth-order valence-electron chi connectivity index (χ4n) is 3.88. The lowest BCUT2D eigenvalue weighted by Gasteiger charge is -2.22. The molecule has 8 heteroatoms. The van der Waals surface area contributed by atoms with Crippen molar-refractivity contribution in [1.82, 2.24) is 4.90 Å². The minimum atomic E-state index is -0.776. The topological polar surface area (TPSA) is 142 Å². The van der Waals surface area contributed by atoms with Gasteiger partial charge >= 0.3 is 0 Å². The van der Waals surface area contributed by atoms with Crippen molar-refractivity contribution in [1.29, 1.82) is 0 Å². The van der Waals surface area contributed by atoms with Crippen LogP contribution in [0.15, 0.2) is 12.1 Å². The number of hydrogen-bond donors (Lipinski definition) is 6. The van der Waals surface area contributed by atoms with Crippen molar-refractivity contribution in [3.8, 4) is 45.6 Å². The number of fused-ring (bicyclic) bond motifs is 3. The number of rotatable bonds is 6. The number of carbonyl (C=O) groups is 1. The monoisotopic (exact) mass is 417 g/mol. The fraction of sp³-hybridized carbons (Fsp3) is 0.409. The van der Waals surface area contributed by atoms with Crippen molar-refractivity contribution >= 4 is 5.91 Å². The molecule has 0 unspecified atom stereocenters. The van der Waals surface area contributed by atoms with Crippen molar-refractivity contribution in [2.45, 2.75) is 58.5 Å². The Morgan fingerprint density at radius 2 is 1.23 bits per heavy atom. The summed E-state index contributed by atoms with van der Waals surface area (Å²) >= 11 is 0. The summed E-state index contributed by atoms with van der Waals surface area (Å²) in [4.78, 5) is 14.4. The third-order valence-electron chi connectivity index (χ3n) is 5.49. The lowest BCUT2D eigenvalue weighted by atomic mass is 9.93. The van der Waals surface area contributed by atoms with Crippen molar-refractivity contribution in [2.75, 3.05) is 0 Å². The number of carbonyl (C=O) groups excluding carboxylic acids is 1. The van der Waals surface area contributed by atoms with Gasteiger partial charge in [0.05, 0.1) is 0 Å². The van der Waals surface area contributed by atoms with E-state index in [9.17, 15) is 35.4 Å². The first-order valence-electron chi connectivity index (χ1n) is 10.1. The van der Waals surface area contributed by atoms with Gasteiger partial charge in [0.25, 0.3) is 0 Å². The maximum Gasteiger partial charge on any atom is 0.223 e. The van der Waals surface area contributed by atoms with Crippen LogP contribution in [0.5, 0.6) is 34.5 Å². The van der Waals surface area contributed by atoms with Gasteiger partial charge in [0.2, 0.25) is 17.4 Å². The lowest BCUT2D eigenvalue weighted by Crippen LogP contribution is -2.29. The molecule has 2 aromatic rings. The largest absolute Gasteiger partial charge is 0.504 e. The summed E-state index contributed by atoms with van der Waals surface area (Å²) in [6, 6.07) is 2.43. The molecule has 162 valence electrons. The van der Waals surface area contributed by atoms with Gasteiger partial charge in [-0.1, -0.05) is 32.6 Å². The minimum absolute atomic E-state index is 0.00801. The zero-order chi connectivity index (χ0) is 22.0. The predicted molar refractivity (Wildman–Crippen MR) is 109 cm³/mol. The number of hydrogen-bond acceptors (Lipinski definition) is 7. The molecule has 0 spiro atoms. The zero-order valence-electron chi connectivity index (χ0n) is 16.9. The van der Waals surface area contributed by atoms with Gasteiger partial charge < -0.3 is 35.5 Å². The highest BCUT2D eigenvalue weighted by Gasteiger charge is 2.31. The Bertz CT molecular complexity index is 905. The number of benzene rings is 2. The van der Waals surface area contributed by atoms with Crippen LogP contribution in [0.2, 0.25) is 0 Å². The molecule has 0 radical (unpaired) electrons. The van der Waals surface area contributed by atoms with E-state index in [1.54, 1.807) is 0 Å². The second-order valence-electron chi connectivity index (χ2n) is 7.67. The molecule has 1 aliphatic rings. The van der Waals surface area contributed by atoms with Gasteiger partial charge in [-0.15, -0.1) is 0 Å². The van der Waals surface area contributed by atoms with E-state index >= 15 is 0 Å². The number of phenols is 6. The Morgan fingerprint density at radius 1 is 0.767 bits per heavy atom. The molecule has 0 saturated carbocycles. The van der Waals surface area contributed by atoms with Gasteiger partial charge in [0, 0.05) is 30.6 Å². The highest BCUT2D eigenvalue weighted by Crippen LogP contribution is 2.53. The van der Waals surface area contributed by atoms with E-state index in [-0.39, 0.29) is 30.1 Å². The molecule has 3 rings (SSSR count). The molecule has 0 aliphatic carbocycles. The number of aromatic hydroxyl groups is 6. The van der Waals surface area contributed by atoms with Crippen LogP contribution in [0.1, 0.15) is 56.6 Å². The van der Waals surface area contributed by atoms with Gasteiger partial charge in [-0.3, -0.25) is 4.79 Å². The van der Waals surface area contributed by atoms with Crippen LogP contribution in [0.3, 0.4) is 0 Å². The maximum atomic E-state index is 12.9. The number of phenolic OH excluding ortho intramolecular Hbond substituents is 6. The van der Waals surface area contributed by atoms with Crippen molar-refractivity contribution in [3.05, 3.63) is 23.3 Å². The lowest BCUT2D eigenvalue weighted by molar-refractivity contribution is -0.132. The molecule has 0 aromatic heterocycles. The van der Waals surface area contributed by atoms with Gasteiger partial charge in [0.1, 0.15) is 0 Å². The van der Waals surface area contributed by atoms with E-state index in [4.69, 9.17) is 0 Å². The van der Waals surface area contributed by atoms with E-state index in [0.29, 0.717) is 17.5 Å². The average Bonchev–Trinajstić information content (AvgIpc) is 2.87. The van der Waals surface area contributed by atoms with Gasteiger partial charge in [-0.2, -0.15) is 0 Å². The van der Waals surface area contributed by atoms with Crippen LogP contribution in [0, 0.1) is 0 Å². The fourth-order valence-corrected chi connectivity index (χ4v) is 3.88. The average molecular weight is 417 g/mol. The first-order valence-corrected chi connectivity index (χ1v) is 10.1. The summed E-state index contributed by atoms with van der Waals surface area (Å²) in [6.07, 6.45) is 5.26. The summed E-state index contributed by atoms with van der Waals surface area (Å²) in [5.41, 5.74) is 0.570. The van der Waals surface area contributed by atoms with Crippen LogP contribution in [-0.2, 0) is 17.9 Å². The predicted octanol–water partition coefficient (Wildman–Crippen LogP) is 3.79. The molecule has 0 saturated heterocycles. The quantitative estimate of drug-likeness (QED) is 0.310. The van der Waals surface area contributed by atoms with Crippen LogP contribution in [0.25, 0.3) is 11.1 Å². The van der Waals surface area contributed by atoms with Crippen molar-refractivity contribution < 1.29 is 35.4 Å². The molecule has 0 fully saturated rings. The third-order valence-corrected chi connectivity index (χ3v) is 5.49. The van der Waals surface area contributed by atoms with Crippen molar-refractivity contribution in [2.24, 2.45) is 0 Å². The molecular weight excluding hydrogens is 390 g/mol. The summed E-state index contributed by atoms with van der Waals surface area (Å²) in [7, 11) is 0. The van der Waals surface area contributed by atoms with E-state index < -0.39 is 34.5 Å². The molecule has 1 amide bonds. The normalized spacial score (nSPS) is 12.9.